The van der Waals surface area contributed by atoms with Crippen LogP contribution in [0.5, 0.6) is 0 Å². The second-order valence-electron chi connectivity index (χ2n) is 6.12. The Labute approximate surface area is 155 Å². The number of hydrogen-bond donors (Lipinski definition) is 2. The van der Waals surface area contributed by atoms with Crippen LogP contribution in [0, 0.1) is 5.82 Å². The van der Waals surface area contributed by atoms with Crippen molar-refractivity contribution in [3.63, 3.8) is 0 Å². The first-order valence-corrected chi connectivity index (χ1v) is 10.7. The van der Waals surface area contributed by atoms with Gasteiger partial charge in [-0.1, -0.05) is 23.5 Å². The summed E-state index contributed by atoms with van der Waals surface area (Å²) in [7, 11) is -3.18. The minimum atomic E-state index is -3.18. The zero-order valence-corrected chi connectivity index (χ0v) is 15.7. The fourth-order valence-electron chi connectivity index (χ4n) is 2.83. The van der Waals surface area contributed by atoms with Crippen molar-refractivity contribution < 1.29 is 17.6 Å². The lowest BCUT2D eigenvalue weighted by molar-refractivity contribution is 0.103. The van der Waals surface area contributed by atoms with Gasteiger partial charge in [-0.05, 0) is 25.0 Å². The molecule has 26 heavy (non-hydrogen) atoms. The van der Waals surface area contributed by atoms with Gasteiger partial charge in [0.05, 0.1) is 11.8 Å². The van der Waals surface area contributed by atoms with E-state index in [9.17, 15) is 17.6 Å². The van der Waals surface area contributed by atoms with E-state index >= 15 is 0 Å². The molecule has 2 aromatic rings. The van der Waals surface area contributed by atoms with Gasteiger partial charge in [-0.15, -0.1) is 0 Å². The van der Waals surface area contributed by atoms with E-state index in [0.717, 1.165) is 11.3 Å². The monoisotopic (exact) mass is 398 g/mol. The van der Waals surface area contributed by atoms with Crippen LogP contribution < -0.4 is 11.1 Å². The summed E-state index contributed by atoms with van der Waals surface area (Å²) < 4.78 is 38.4. The lowest BCUT2D eigenvalue weighted by atomic mass is 10.1. The molecule has 0 radical (unpaired) electrons. The smallest absolute Gasteiger partial charge is 0.211 e. The zero-order valence-electron chi connectivity index (χ0n) is 14.1. The topological polar surface area (TPSA) is 105 Å². The van der Waals surface area contributed by atoms with Crippen molar-refractivity contribution in [3.05, 3.63) is 40.5 Å². The molecule has 7 nitrogen and oxygen atoms in total. The molecule has 2 heterocycles. The normalized spacial score (nSPS) is 16.5. The van der Waals surface area contributed by atoms with Crippen LogP contribution in [0.3, 0.4) is 0 Å². The van der Waals surface area contributed by atoms with Crippen LogP contribution in [-0.4, -0.2) is 48.9 Å². The van der Waals surface area contributed by atoms with Crippen molar-refractivity contribution in [2.24, 2.45) is 0 Å². The van der Waals surface area contributed by atoms with E-state index in [0.29, 0.717) is 31.1 Å². The minimum Gasteiger partial charge on any atom is -0.382 e. The Kier molecular flexibility index (Phi) is 5.26. The number of benzene rings is 1. The summed E-state index contributed by atoms with van der Waals surface area (Å²) in [4.78, 5) is 16.8. The Balaban J connectivity index is 1.70. The summed E-state index contributed by atoms with van der Waals surface area (Å²) >= 11 is 1.08. The second kappa shape index (κ2) is 7.29. The molecule has 0 atom stereocenters. The molecule has 1 saturated heterocycles. The highest BCUT2D eigenvalue weighted by atomic mass is 32.2. The summed E-state index contributed by atoms with van der Waals surface area (Å²) in [6.45, 7) is 0.858. The predicted octanol–water partition coefficient (Wildman–Crippen LogP) is 1.93. The van der Waals surface area contributed by atoms with Gasteiger partial charge >= 0.3 is 0 Å². The van der Waals surface area contributed by atoms with Crippen LogP contribution in [-0.2, 0) is 10.0 Å². The fraction of sp³-hybridized carbons (Fsp3) is 0.375. The number of nitrogens with one attached hydrogen (secondary N) is 1. The molecule has 10 heteroatoms. The van der Waals surface area contributed by atoms with Gasteiger partial charge in [-0.3, -0.25) is 4.79 Å². The van der Waals surface area contributed by atoms with E-state index in [1.54, 1.807) is 6.07 Å². The summed E-state index contributed by atoms with van der Waals surface area (Å²) in [5, 5.41) is 3.67. The van der Waals surface area contributed by atoms with Gasteiger partial charge in [0.25, 0.3) is 0 Å². The third-order valence-corrected chi connectivity index (χ3v) is 6.53. The molecule has 0 saturated carbocycles. The number of halogens is 1. The molecule has 0 amide bonds. The molecule has 1 aliphatic rings. The Morgan fingerprint density at radius 3 is 2.62 bits per heavy atom. The quantitative estimate of drug-likeness (QED) is 0.746. The molecule has 1 aromatic heterocycles. The third kappa shape index (κ3) is 4.02. The number of ketones is 1. The molecule has 3 rings (SSSR count). The highest BCUT2D eigenvalue weighted by Gasteiger charge is 2.26. The van der Waals surface area contributed by atoms with Crippen molar-refractivity contribution in [1.82, 2.24) is 9.29 Å². The third-order valence-electron chi connectivity index (χ3n) is 4.23. The van der Waals surface area contributed by atoms with Crippen molar-refractivity contribution >= 4 is 38.1 Å². The number of carbonyl (C=O) groups is 1. The maximum Gasteiger partial charge on any atom is 0.211 e. The van der Waals surface area contributed by atoms with Crippen LogP contribution in [0.1, 0.15) is 28.1 Å². The Morgan fingerprint density at radius 2 is 2.00 bits per heavy atom. The molecule has 3 N–H and O–H groups in total. The highest BCUT2D eigenvalue weighted by Crippen LogP contribution is 2.29. The van der Waals surface area contributed by atoms with Crippen LogP contribution in [0.4, 0.5) is 15.3 Å². The molecular formula is C16H19FN4O3S2. The molecular weight excluding hydrogens is 379 g/mol. The van der Waals surface area contributed by atoms with Gasteiger partial charge in [-0.25, -0.2) is 22.1 Å². The maximum absolute atomic E-state index is 13.8. The summed E-state index contributed by atoms with van der Waals surface area (Å²) in [6, 6.07) is 5.76. The van der Waals surface area contributed by atoms with E-state index in [1.165, 1.54) is 28.8 Å². The van der Waals surface area contributed by atoms with Gasteiger partial charge in [-0.2, -0.15) is 0 Å². The van der Waals surface area contributed by atoms with E-state index in [4.69, 9.17) is 5.73 Å². The molecule has 1 fully saturated rings. The molecule has 140 valence electrons. The van der Waals surface area contributed by atoms with E-state index in [1.807, 2.05) is 0 Å². The number of nitrogens with two attached hydrogens (primary N) is 1. The highest BCUT2D eigenvalue weighted by molar-refractivity contribution is 7.88. The van der Waals surface area contributed by atoms with Gasteiger partial charge in [0, 0.05) is 19.1 Å². The number of aromatic nitrogens is 1. The molecule has 0 unspecified atom stereocenters. The molecule has 0 bridgehead atoms. The van der Waals surface area contributed by atoms with Crippen molar-refractivity contribution in [2.45, 2.75) is 18.9 Å². The predicted molar refractivity (Wildman–Crippen MR) is 99.4 cm³/mol. The lowest BCUT2D eigenvalue weighted by Gasteiger charge is -2.30. The Morgan fingerprint density at radius 1 is 1.35 bits per heavy atom. The van der Waals surface area contributed by atoms with E-state index in [2.05, 4.69) is 10.3 Å². The van der Waals surface area contributed by atoms with Crippen molar-refractivity contribution in [3.8, 4) is 0 Å². The number of hydrogen-bond acceptors (Lipinski definition) is 7. The maximum atomic E-state index is 13.8. The van der Waals surface area contributed by atoms with Crippen LogP contribution >= 0.6 is 11.3 Å². The number of nitrogens with zero attached hydrogens (tertiary/aromatic N) is 2. The van der Waals surface area contributed by atoms with Crippen molar-refractivity contribution in [2.75, 3.05) is 30.4 Å². The average molecular weight is 398 g/mol. The van der Waals surface area contributed by atoms with E-state index < -0.39 is 21.6 Å². The van der Waals surface area contributed by atoms with Gasteiger partial charge in [0.2, 0.25) is 15.8 Å². The van der Waals surface area contributed by atoms with Crippen LogP contribution in [0.25, 0.3) is 0 Å². The fourth-order valence-corrected chi connectivity index (χ4v) is 4.62. The molecule has 1 aromatic carbocycles. The summed E-state index contributed by atoms with van der Waals surface area (Å²) in [5.41, 5.74) is 5.80. The lowest BCUT2D eigenvalue weighted by Crippen LogP contribution is -2.41. The second-order valence-corrected chi connectivity index (χ2v) is 9.10. The first-order valence-electron chi connectivity index (χ1n) is 8.03. The van der Waals surface area contributed by atoms with Crippen molar-refractivity contribution in [1.29, 1.82) is 0 Å². The Bertz CT molecular complexity index is 921. The average Bonchev–Trinajstić information content (AvgIpc) is 2.94. The van der Waals surface area contributed by atoms with Gasteiger partial charge in [0.1, 0.15) is 16.5 Å². The van der Waals surface area contributed by atoms with Gasteiger partial charge < -0.3 is 11.1 Å². The molecule has 0 spiro atoms. The molecule has 0 aliphatic carbocycles. The zero-order chi connectivity index (χ0) is 18.9. The number of carbonyl (C=O) groups excluding carboxylic acids is 1. The first kappa shape index (κ1) is 18.7. The van der Waals surface area contributed by atoms with Crippen LogP contribution in [0.15, 0.2) is 24.3 Å². The summed E-state index contributed by atoms with van der Waals surface area (Å²) in [6.07, 6.45) is 2.45. The van der Waals surface area contributed by atoms with Crippen LogP contribution in [0.2, 0.25) is 0 Å². The largest absolute Gasteiger partial charge is 0.382 e. The summed E-state index contributed by atoms with van der Waals surface area (Å²) in [5.74, 6) is -1.05. The SMILES string of the molecule is CS(=O)(=O)N1CCC(Nc2nc(N)c(C(=O)c3ccccc3F)s2)CC1. The van der Waals surface area contributed by atoms with Gasteiger partial charge in [0.15, 0.2) is 5.13 Å². The number of rotatable bonds is 5. The molecule has 1 aliphatic heterocycles. The number of sulfonamides is 1. The van der Waals surface area contributed by atoms with E-state index in [-0.39, 0.29) is 22.3 Å². The standard InChI is InChI=1S/C16H19FN4O3S2/c1-26(23,24)21-8-6-10(7-9-21)19-16-20-15(18)14(25-16)13(22)11-4-2-3-5-12(11)17/h2-5,10H,6-9,18H2,1H3,(H,19,20). The minimum absolute atomic E-state index is 0.0370. The first-order chi connectivity index (χ1) is 12.3. The number of piperidine rings is 1. The number of thiazole rings is 1. The number of anilines is 2. The Hall–Kier alpha value is -2.04. The number of nitrogen functional groups attached to an aromatic ring is 1.